The Balaban J connectivity index is 1.57. The summed E-state index contributed by atoms with van der Waals surface area (Å²) in [6.07, 6.45) is 28.5. The van der Waals surface area contributed by atoms with E-state index >= 15 is 0 Å². The molecule has 0 unspecified atom stereocenters. The van der Waals surface area contributed by atoms with Crippen LogP contribution in [0.15, 0.2) is 0 Å². The predicted octanol–water partition coefficient (Wildman–Crippen LogP) is 9.32. The highest BCUT2D eigenvalue weighted by molar-refractivity contribution is 4.86. The normalized spacial score (nSPS) is 32.7. The van der Waals surface area contributed by atoms with E-state index in [0.29, 0.717) is 5.41 Å². The van der Waals surface area contributed by atoms with Crippen LogP contribution >= 0.6 is 0 Å². The largest absolute Gasteiger partial charge is 0.0654 e. The first-order valence-corrected chi connectivity index (χ1v) is 12.7. The lowest BCUT2D eigenvalue weighted by Gasteiger charge is -2.42. The zero-order valence-corrected chi connectivity index (χ0v) is 18.7. The fourth-order valence-electron chi connectivity index (χ4n) is 6.02. The molecule has 0 atom stereocenters. The second kappa shape index (κ2) is 12.5. The molecule has 0 aromatic rings. The zero-order valence-electron chi connectivity index (χ0n) is 18.7. The van der Waals surface area contributed by atoms with Gasteiger partial charge in [-0.3, -0.25) is 0 Å². The third kappa shape index (κ3) is 7.93. The van der Waals surface area contributed by atoms with E-state index in [9.17, 15) is 0 Å². The van der Waals surface area contributed by atoms with Crippen LogP contribution < -0.4 is 0 Å². The van der Waals surface area contributed by atoms with Crippen molar-refractivity contribution < 1.29 is 0 Å². The maximum absolute atomic E-state index is 2.60. The van der Waals surface area contributed by atoms with Gasteiger partial charge in [-0.1, -0.05) is 97.8 Å². The van der Waals surface area contributed by atoms with Crippen LogP contribution in [-0.4, -0.2) is 0 Å². The van der Waals surface area contributed by atoms with Crippen molar-refractivity contribution in [2.75, 3.05) is 0 Å². The Labute approximate surface area is 166 Å². The topological polar surface area (TPSA) is 0 Å². The molecule has 2 fully saturated rings. The van der Waals surface area contributed by atoms with Crippen molar-refractivity contribution in [2.45, 2.75) is 143 Å². The van der Waals surface area contributed by atoms with Gasteiger partial charge in [0, 0.05) is 0 Å². The summed E-state index contributed by atoms with van der Waals surface area (Å²) < 4.78 is 0. The van der Waals surface area contributed by atoms with Gasteiger partial charge < -0.3 is 0 Å². The van der Waals surface area contributed by atoms with Gasteiger partial charge in [0.2, 0.25) is 0 Å². The fourth-order valence-corrected chi connectivity index (χ4v) is 6.02. The molecule has 2 aliphatic carbocycles. The van der Waals surface area contributed by atoms with Gasteiger partial charge in [-0.15, -0.1) is 0 Å². The lowest BCUT2D eigenvalue weighted by Crippen LogP contribution is -2.30. The quantitative estimate of drug-likeness (QED) is 0.303. The van der Waals surface area contributed by atoms with Gasteiger partial charge in [0.25, 0.3) is 0 Å². The summed E-state index contributed by atoms with van der Waals surface area (Å²) in [5, 5.41) is 0. The Morgan fingerprint density at radius 2 is 1.15 bits per heavy atom. The van der Waals surface area contributed by atoms with E-state index in [1.54, 1.807) is 38.5 Å². The Morgan fingerprint density at radius 1 is 0.615 bits per heavy atom. The molecule has 0 bridgehead atoms. The molecule has 0 aliphatic heterocycles. The van der Waals surface area contributed by atoms with E-state index in [1.165, 1.54) is 83.5 Å². The maximum atomic E-state index is 2.60. The van der Waals surface area contributed by atoms with Crippen LogP contribution in [0.5, 0.6) is 0 Å². The van der Waals surface area contributed by atoms with Crippen LogP contribution in [0.1, 0.15) is 143 Å². The van der Waals surface area contributed by atoms with Gasteiger partial charge in [0.15, 0.2) is 0 Å². The van der Waals surface area contributed by atoms with Crippen LogP contribution in [0.25, 0.3) is 0 Å². The predicted molar refractivity (Wildman–Crippen MR) is 118 cm³/mol. The highest BCUT2D eigenvalue weighted by Gasteiger charge is 2.35. The van der Waals surface area contributed by atoms with Crippen LogP contribution in [-0.2, 0) is 0 Å². The van der Waals surface area contributed by atoms with Crippen LogP contribution in [0.4, 0.5) is 0 Å². The first-order chi connectivity index (χ1) is 12.7. The van der Waals surface area contributed by atoms with Crippen LogP contribution in [0.3, 0.4) is 0 Å². The van der Waals surface area contributed by atoms with E-state index in [1.807, 2.05) is 0 Å². The van der Waals surface area contributed by atoms with Gasteiger partial charge in [-0.2, -0.15) is 0 Å². The van der Waals surface area contributed by atoms with Crippen molar-refractivity contribution in [2.24, 2.45) is 23.2 Å². The summed E-state index contributed by atoms with van der Waals surface area (Å²) in [6, 6.07) is 0. The van der Waals surface area contributed by atoms with E-state index in [0.717, 1.165) is 17.8 Å². The third-order valence-electron chi connectivity index (χ3n) is 8.15. The van der Waals surface area contributed by atoms with Gasteiger partial charge >= 0.3 is 0 Å². The number of unbranched alkanes of at least 4 members (excludes halogenated alkanes) is 7. The van der Waals surface area contributed by atoms with Crippen molar-refractivity contribution in [1.29, 1.82) is 0 Å². The molecule has 2 saturated carbocycles. The molecule has 0 N–H and O–H groups in total. The molecular weight excluding hydrogens is 312 g/mol. The second-order valence-corrected chi connectivity index (χ2v) is 10.4. The second-order valence-electron chi connectivity index (χ2n) is 10.4. The SMILES string of the molecule is CCCCCCCC1CCC([C@H]2CC[C@](C)(CCCCCC)CC2)CC1. The lowest BCUT2D eigenvalue weighted by atomic mass is 9.63. The monoisotopic (exact) mass is 362 g/mol. The molecule has 0 heteroatoms. The molecule has 0 radical (unpaired) electrons. The Morgan fingerprint density at radius 3 is 1.77 bits per heavy atom. The molecule has 2 aliphatic rings. The summed E-state index contributed by atoms with van der Waals surface area (Å²) in [4.78, 5) is 0. The minimum Gasteiger partial charge on any atom is -0.0654 e. The summed E-state index contributed by atoms with van der Waals surface area (Å²) in [5.41, 5.74) is 0.694. The summed E-state index contributed by atoms with van der Waals surface area (Å²) in [7, 11) is 0. The molecule has 0 aromatic heterocycles. The van der Waals surface area contributed by atoms with Gasteiger partial charge in [-0.25, -0.2) is 0 Å². The van der Waals surface area contributed by atoms with E-state index < -0.39 is 0 Å². The number of hydrogen-bond donors (Lipinski definition) is 0. The highest BCUT2D eigenvalue weighted by Crippen LogP contribution is 2.47. The molecular formula is C26H50. The van der Waals surface area contributed by atoms with E-state index in [4.69, 9.17) is 0 Å². The van der Waals surface area contributed by atoms with E-state index in [2.05, 4.69) is 20.8 Å². The Kier molecular flexibility index (Phi) is 10.7. The smallest absolute Gasteiger partial charge is 0.0326 e. The first-order valence-electron chi connectivity index (χ1n) is 12.7. The molecule has 0 spiro atoms. The van der Waals surface area contributed by atoms with E-state index in [-0.39, 0.29) is 0 Å². The average molecular weight is 363 g/mol. The average Bonchev–Trinajstić information content (AvgIpc) is 2.66. The van der Waals surface area contributed by atoms with Gasteiger partial charge in [0.05, 0.1) is 0 Å². The summed E-state index contributed by atoms with van der Waals surface area (Å²) in [5.74, 6) is 3.26. The molecule has 2 rings (SSSR count). The van der Waals surface area contributed by atoms with Crippen molar-refractivity contribution in [1.82, 2.24) is 0 Å². The Bertz CT molecular complexity index is 328. The maximum Gasteiger partial charge on any atom is -0.0326 e. The summed E-state index contributed by atoms with van der Waals surface area (Å²) in [6.45, 7) is 7.25. The molecule has 0 aromatic carbocycles. The van der Waals surface area contributed by atoms with Crippen LogP contribution in [0, 0.1) is 23.2 Å². The molecule has 0 heterocycles. The zero-order chi connectivity index (χ0) is 18.7. The Hall–Kier alpha value is 0. The van der Waals surface area contributed by atoms with Crippen molar-refractivity contribution in [3.63, 3.8) is 0 Å². The summed E-state index contributed by atoms with van der Waals surface area (Å²) >= 11 is 0. The van der Waals surface area contributed by atoms with Gasteiger partial charge in [-0.05, 0) is 68.1 Å². The molecule has 26 heavy (non-hydrogen) atoms. The lowest BCUT2D eigenvalue weighted by molar-refractivity contribution is 0.0949. The molecule has 0 nitrogen and oxygen atoms in total. The van der Waals surface area contributed by atoms with Gasteiger partial charge in [0.1, 0.15) is 0 Å². The standard InChI is InChI=1S/C26H50/c1-4-6-8-10-11-13-23-14-16-24(17-15-23)25-18-21-26(3,22-19-25)20-12-9-7-5-2/h23-25H,4-22H2,1-3H3/t23?,24?,25-,26-. The first kappa shape index (κ1) is 22.3. The molecule has 154 valence electrons. The minimum atomic E-state index is 0.694. The van der Waals surface area contributed by atoms with Crippen LogP contribution in [0.2, 0.25) is 0 Å². The fraction of sp³-hybridized carbons (Fsp3) is 1.00. The minimum absolute atomic E-state index is 0.694. The van der Waals surface area contributed by atoms with Crippen molar-refractivity contribution in [3.05, 3.63) is 0 Å². The van der Waals surface area contributed by atoms with Crippen molar-refractivity contribution in [3.8, 4) is 0 Å². The highest BCUT2D eigenvalue weighted by atomic mass is 14.4. The third-order valence-corrected chi connectivity index (χ3v) is 8.15. The number of hydrogen-bond acceptors (Lipinski definition) is 0. The molecule has 0 amide bonds. The van der Waals surface area contributed by atoms with Crippen molar-refractivity contribution >= 4 is 0 Å². The number of rotatable bonds is 12. The molecule has 0 saturated heterocycles.